The molecule has 0 bridgehead atoms. The van der Waals surface area contributed by atoms with Gasteiger partial charge in [-0.2, -0.15) is 10.2 Å². The van der Waals surface area contributed by atoms with Crippen LogP contribution in [0, 0.1) is 17.2 Å². The van der Waals surface area contributed by atoms with E-state index >= 15 is 0 Å². The van der Waals surface area contributed by atoms with Gasteiger partial charge >= 0.3 is 0 Å². The number of fused-ring (bicyclic) bond motifs is 1. The molecule has 162 valence electrons. The molecule has 3 rings (SSSR count). The van der Waals surface area contributed by atoms with Gasteiger partial charge in [0, 0.05) is 6.20 Å². The Kier molecular flexibility index (Phi) is 6.52. The molecule has 0 unspecified atom stereocenters. The molecule has 0 amide bonds. The molecule has 1 atom stereocenters. The van der Waals surface area contributed by atoms with E-state index in [1.165, 1.54) is 23.0 Å². The third-order valence-corrected chi connectivity index (χ3v) is 6.52. The molecule has 0 spiro atoms. The van der Waals surface area contributed by atoms with Gasteiger partial charge in [0.2, 0.25) is 5.28 Å². The molecule has 1 N–H and O–H groups in total. The molecule has 0 aliphatic heterocycles. The number of pyridine rings is 1. The molecular weight excluding hydrogens is 442 g/mol. The van der Waals surface area contributed by atoms with Crippen LogP contribution in [0.2, 0.25) is 5.28 Å². The molecule has 10 nitrogen and oxygen atoms in total. The molecule has 0 fully saturated rings. The molecule has 3 aromatic rings. The molecule has 0 aliphatic rings. The second kappa shape index (κ2) is 8.95. The van der Waals surface area contributed by atoms with Crippen molar-refractivity contribution >= 4 is 38.4 Å². The first-order valence-corrected chi connectivity index (χ1v) is 11.5. The van der Waals surface area contributed by atoms with E-state index in [1.54, 1.807) is 13.0 Å². The largest absolute Gasteiger partial charge is 0.360 e. The number of halogens is 1. The van der Waals surface area contributed by atoms with Gasteiger partial charge in [-0.15, -0.1) is 0 Å². The standard InChI is InChI=1S/C19H20ClN7O3S/c1-4-31(29,30)13-6-5-12(22-9-13)8-23-16-18(28)27(15(7-21)11(2)3)17-14(25-16)10-24-19(20)26-17/h5-6,9-11,15H,4,8H2,1-3H3,(H,23,25)/t15-/m1/s1. The van der Waals surface area contributed by atoms with E-state index in [-0.39, 0.29) is 39.9 Å². The summed E-state index contributed by atoms with van der Waals surface area (Å²) < 4.78 is 25.1. The van der Waals surface area contributed by atoms with Crippen molar-refractivity contribution < 1.29 is 8.42 Å². The minimum atomic E-state index is -3.35. The topological polar surface area (TPSA) is 144 Å². The van der Waals surface area contributed by atoms with Gasteiger partial charge in [0.15, 0.2) is 21.3 Å². The van der Waals surface area contributed by atoms with Gasteiger partial charge in [0.05, 0.1) is 35.2 Å². The van der Waals surface area contributed by atoms with Crippen LogP contribution >= 0.6 is 11.6 Å². The van der Waals surface area contributed by atoms with Gasteiger partial charge in [-0.05, 0) is 29.7 Å². The summed E-state index contributed by atoms with van der Waals surface area (Å²) in [4.78, 5) is 29.7. The van der Waals surface area contributed by atoms with Crippen molar-refractivity contribution in [2.24, 2.45) is 5.92 Å². The van der Waals surface area contributed by atoms with Crippen LogP contribution in [0.25, 0.3) is 11.2 Å². The molecule has 3 aromatic heterocycles. The van der Waals surface area contributed by atoms with Crippen LogP contribution < -0.4 is 10.9 Å². The Labute approximate surface area is 183 Å². The van der Waals surface area contributed by atoms with Gasteiger partial charge < -0.3 is 5.32 Å². The summed E-state index contributed by atoms with van der Waals surface area (Å²) in [6.45, 7) is 5.31. The highest BCUT2D eigenvalue weighted by molar-refractivity contribution is 7.91. The van der Waals surface area contributed by atoms with Crippen LogP contribution in [0.1, 0.15) is 32.5 Å². The van der Waals surface area contributed by atoms with Crippen LogP contribution in [-0.4, -0.2) is 38.7 Å². The first-order valence-electron chi connectivity index (χ1n) is 9.44. The van der Waals surface area contributed by atoms with Gasteiger partial charge in [-0.25, -0.2) is 18.4 Å². The average molecular weight is 462 g/mol. The molecule has 31 heavy (non-hydrogen) atoms. The van der Waals surface area contributed by atoms with Crippen LogP contribution in [-0.2, 0) is 16.4 Å². The lowest BCUT2D eigenvalue weighted by atomic mass is 10.1. The molecular formula is C19H20ClN7O3S. The zero-order valence-electron chi connectivity index (χ0n) is 17.1. The quantitative estimate of drug-likeness (QED) is 0.524. The lowest BCUT2D eigenvalue weighted by molar-refractivity contribution is 0.458. The predicted molar refractivity (Wildman–Crippen MR) is 115 cm³/mol. The number of hydrogen-bond acceptors (Lipinski definition) is 9. The Morgan fingerprint density at radius 2 is 1.97 bits per heavy atom. The highest BCUT2D eigenvalue weighted by atomic mass is 35.5. The minimum absolute atomic E-state index is 0.00798. The first-order chi connectivity index (χ1) is 14.7. The van der Waals surface area contributed by atoms with Crippen LogP contribution in [0.4, 0.5) is 5.82 Å². The van der Waals surface area contributed by atoms with Gasteiger partial charge in [0.1, 0.15) is 11.6 Å². The van der Waals surface area contributed by atoms with Crippen molar-refractivity contribution in [3.63, 3.8) is 0 Å². The SMILES string of the molecule is CCS(=O)(=O)c1ccc(CNc2nc3cnc(Cl)nc3n([C@H](C#N)C(C)C)c2=O)nc1. The van der Waals surface area contributed by atoms with Crippen molar-refractivity contribution in [2.75, 3.05) is 11.1 Å². The van der Waals surface area contributed by atoms with E-state index in [1.807, 2.05) is 13.8 Å². The van der Waals surface area contributed by atoms with Crippen molar-refractivity contribution in [3.05, 3.63) is 45.9 Å². The number of rotatable bonds is 7. The van der Waals surface area contributed by atoms with Crippen LogP contribution in [0.5, 0.6) is 0 Å². The van der Waals surface area contributed by atoms with E-state index < -0.39 is 21.4 Å². The lowest BCUT2D eigenvalue weighted by Crippen LogP contribution is -2.31. The van der Waals surface area contributed by atoms with E-state index in [9.17, 15) is 18.5 Å². The Morgan fingerprint density at radius 3 is 2.55 bits per heavy atom. The molecule has 0 aliphatic carbocycles. The molecule has 3 heterocycles. The summed E-state index contributed by atoms with van der Waals surface area (Å²) in [5.41, 5.74) is 0.441. The van der Waals surface area contributed by atoms with Gasteiger partial charge in [0.25, 0.3) is 5.56 Å². The van der Waals surface area contributed by atoms with E-state index in [4.69, 9.17) is 11.6 Å². The molecule has 0 aromatic carbocycles. The van der Waals surface area contributed by atoms with Gasteiger partial charge in [-0.3, -0.25) is 14.3 Å². The summed E-state index contributed by atoms with van der Waals surface area (Å²) in [6, 6.07) is 4.37. The second-order valence-corrected chi connectivity index (χ2v) is 9.66. The second-order valence-electron chi connectivity index (χ2n) is 7.04. The van der Waals surface area contributed by atoms with Crippen molar-refractivity contribution in [1.82, 2.24) is 24.5 Å². The first kappa shape index (κ1) is 22.6. The maximum absolute atomic E-state index is 13.1. The number of anilines is 1. The van der Waals surface area contributed by atoms with Crippen LogP contribution in [0.15, 0.2) is 34.2 Å². The summed E-state index contributed by atoms with van der Waals surface area (Å²) in [7, 11) is -3.35. The molecule has 0 saturated carbocycles. The molecule has 0 radical (unpaired) electrons. The summed E-state index contributed by atoms with van der Waals surface area (Å²) in [5.74, 6) is -0.203. The Bertz CT molecular complexity index is 1320. The maximum atomic E-state index is 13.1. The Morgan fingerprint density at radius 1 is 1.23 bits per heavy atom. The lowest BCUT2D eigenvalue weighted by Gasteiger charge is -2.19. The summed E-state index contributed by atoms with van der Waals surface area (Å²) in [5, 5.41) is 12.5. The average Bonchev–Trinajstić information content (AvgIpc) is 2.75. The third kappa shape index (κ3) is 4.65. The highest BCUT2D eigenvalue weighted by Gasteiger charge is 2.23. The number of sulfone groups is 1. The number of hydrogen-bond donors (Lipinski definition) is 1. The number of nitriles is 1. The number of aromatic nitrogens is 5. The molecule has 12 heteroatoms. The van der Waals surface area contributed by atoms with Crippen molar-refractivity contribution in [3.8, 4) is 6.07 Å². The van der Waals surface area contributed by atoms with Crippen molar-refractivity contribution in [1.29, 1.82) is 5.26 Å². The predicted octanol–water partition coefficient (Wildman–Crippen LogP) is 2.36. The van der Waals surface area contributed by atoms with E-state index in [0.717, 1.165) is 0 Å². The third-order valence-electron chi connectivity index (χ3n) is 4.62. The summed E-state index contributed by atoms with van der Waals surface area (Å²) in [6.07, 6.45) is 2.66. The fourth-order valence-corrected chi connectivity index (χ4v) is 3.85. The monoisotopic (exact) mass is 461 g/mol. The van der Waals surface area contributed by atoms with Gasteiger partial charge in [-0.1, -0.05) is 20.8 Å². The maximum Gasteiger partial charge on any atom is 0.296 e. The number of nitrogens with zero attached hydrogens (tertiary/aromatic N) is 6. The fourth-order valence-electron chi connectivity index (χ4n) is 2.90. The van der Waals surface area contributed by atoms with E-state index in [0.29, 0.717) is 11.2 Å². The zero-order chi connectivity index (χ0) is 22.8. The Balaban J connectivity index is 2.00. The zero-order valence-corrected chi connectivity index (χ0v) is 18.6. The van der Waals surface area contributed by atoms with Crippen molar-refractivity contribution in [2.45, 2.75) is 38.3 Å². The minimum Gasteiger partial charge on any atom is -0.360 e. The normalized spacial score (nSPS) is 12.6. The van der Waals surface area contributed by atoms with Crippen LogP contribution in [0.3, 0.4) is 0 Å². The highest BCUT2D eigenvalue weighted by Crippen LogP contribution is 2.21. The van der Waals surface area contributed by atoms with E-state index in [2.05, 4.69) is 31.3 Å². The fraction of sp³-hybridized carbons (Fsp3) is 0.368. The summed E-state index contributed by atoms with van der Waals surface area (Å²) >= 11 is 5.89. The smallest absolute Gasteiger partial charge is 0.296 e. The molecule has 0 saturated heterocycles. The number of nitrogens with one attached hydrogen (secondary N) is 1. The Hall–Kier alpha value is -3.10.